The van der Waals surface area contributed by atoms with Crippen molar-refractivity contribution in [2.75, 3.05) is 13.1 Å². The predicted molar refractivity (Wildman–Crippen MR) is 83.5 cm³/mol. The number of fused-ring (bicyclic) bond motifs is 1. The summed E-state index contributed by atoms with van der Waals surface area (Å²) >= 11 is 0. The zero-order valence-corrected chi connectivity index (χ0v) is 12.4. The molecule has 0 saturated carbocycles. The molecule has 0 bridgehead atoms. The van der Waals surface area contributed by atoms with Gasteiger partial charge in [-0.2, -0.15) is 5.26 Å². The lowest BCUT2D eigenvalue weighted by Gasteiger charge is -2.23. The van der Waals surface area contributed by atoms with E-state index in [9.17, 15) is 0 Å². The molecule has 3 nitrogen and oxygen atoms in total. The molecule has 1 heterocycles. The molecule has 0 radical (unpaired) electrons. The fourth-order valence-electron chi connectivity index (χ4n) is 2.47. The molecule has 106 valence electrons. The maximum atomic E-state index is 8.65. The first-order valence-corrected chi connectivity index (χ1v) is 7.25. The molecule has 0 unspecified atom stereocenters. The number of nitrogens with zero attached hydrogens (tertiary/aromatic N) is 1. The first-order valence-electron chi connectivity index (χ1n) is 7.25. The average molecular weight is 269 g/mol. The fourth-order valence-corrected chi connectivity index (χ4v) is 2.47. The van der Waals surface area contributed by atoms with Crippen molar-refractivity contribution in [3.8, 4) is 6.07 Å². The number of hydrogen-bond donors (Lipinski definition) is 2. The topological polar surface area (TPSA) is 51.6 Å². The van der Waals surface area contributed by atoms with Crippen LogP contribution in [0, 0.1) is 16.7 Å². The Morgan fingerprint density at radius 1 is 1.30 bits per heavy atom. The molecule has 1 aromatic carbocycles. The summed E-state index contributed by atoms with van der Waals surface area (Å²) in [6, 6.07) is 10.6. The number of benzene rings is 1. The van der Waals surface area contributed by atoms with E-state index in [0.29, 0.717) is 6.42 Å². The molecule has 3 heteroatoms. The Bertz CT molecular complexity index is 590. The quantitative estimate of drug-likeness (QED) is 0.754. The summed E-state index contributed by atoms with van der Waals surface area (Å²) < 4.78 is 0. The lowest BCUT2D eigenvalue weighted by atomic mass is 9.88. The summed E-state index contributed by atoms with van der Waals surface area (Å²) in [6.07, 6.45) is 4.71. The number of rotatable bonds is 7. The van der Waals surface area contributed by atoms with Crippen molar-refractivity contribution < 1.29 is 0 Å². The van der Waals surface area contributed by atoms with Crippen LogP contribution in [0.5, 0.6) is 0 Å². The van der Waals surface area contributed by atoms with Gasteiger partial charge in [-0.3, -0.25) is 0 Å². The van der Waals surface area contributed by atoms with Gasteiger partial charge in [-0.15, -0.1) is 0 Å². The molecule has 1 aromatic heterocycles. The molecule has 0 aliphatic carbocycles. The largest absolute Gasteiger partial charge is 0.361 e. The van der Waals surface area contributed by atoms with Gasteiger partial charge in [-0.1, -0.05) is 32.0 Å². The second kappa shape index (κ2) is 6.58. The molecular formula is C17H23N3. The number of nitriles is 1. The number of aromatic nitrogens is 1. The van der Waals surface area contributed by atoms with Gasteiger partial charge >= 0.3 is 0 Å². The van der Waals surface area contributed by atoms with Gasteiger partial charge in [0.15, 0.2) is 0 Å². The van der Waals surface area contributed by atoms with E-state index in [4.69, 9.17) is 5.26 Å². The van der Waals surface area contributed by atoms with Gasteiger partial charge in [0.05, 0.1) is 6.07 Å². The van der Waals surface area contributed by atoms with E-state index in [1.54, 1.807) is 0 Å². The predicted octanol–water partition coefficient (Wildman–Crippen LogP) is 3.63. The van der Waals surface area contributed by atoms with Crippen molar-refractivity contribution in [2.45, 2.75) is 33.1 Å². The fraction of sp³-hybridized carbons (Fsp3) is 0.471. The summed E-state index contributed by atoms with van der Waals surface area (Å²) in [5.41, 5.74) is 2.76. The van der Waals surface area contributed by atoms with Crippen molar-refractivity contribution in [1.29, 1.82) is 5.26 Å². The van der Waals surface area contributed by atoms with Crippen molar-refractivity contribution in [2.24, 2.45) is 5.41 Å². The first kappa shape index (κ1) is 14.6. The smallest absolute Gasteiger partial charge is 0.0621 e. The second-order valence-electron chi connectivity index (χ2n) is 6.11. The summed E-state index contributed by atoms with van der Waals surface area (Å²) in [6.45, 7) is 6.35. The number of hydrogen-bond acceptors (Lipinski definition) is 2. The Labute approximate surface area is 121 Å². The van der Waals surface area contributed by atoms with Crippen LogP contribution in [0.25, 0.3) is 10.9 Å². The molecule has 0 atom stereocenters. The van der Waals surface area contributed by atoms with Gasteiger partial charge in [0.1, 0.15) is 0 Å². The molecule has 0 aliphatic rings. The van der Waals surface area contributed by atoms with E-state index < -0.39 is 0 Å². The second-order valence-corrected chi connectivity index (χ2v) is 6.11. The maximum Gasteiger partial charge on any atom is 0.0621 e. The van der Waals surface area contributed by atoms with Crippen LogP contribution in [0.1, 0.15) is 32.3 Å². The Balaban J connectivity index is 1.80. The highest BCUT2D eigenvalue weighted by Crippen LogP contribution is 2.21. The minimum Gasteiger partial charge on any atom is -0.361 e. The van der Waals surface area contributed by atoms with Gasteiger partial charge in [0.2, 0.25) is 0 Å². The van der Waals surface area contributed by atoms with Gasteiger partial charge < -0.3 is 10.3 Å². The van der Waals surface area contributed by atoms with E-state index in [0.717, 1.165) is 25.9 Å². The van der Waals surface area contributed by atoms with E-state index in [2.05, 4.69) is 60.7 Å². The Hall–Kier alpha value is -1.79. The lowest BCUT2D eigenvalue weighted by molar-refractivity contribution is 0.319. The highest BCUT2D eigenvalue weighted by Gasteiger charge is 2.16. The van der Waals surface area contributed by atoms with Gasteiger partial charge in [-0.05, 0) is 36.4 Å². The van der Waals surface area contributed by atoms with Crippen LogP contribution in [0.2, 0.25) is 0 Å². The molecule has 2 N–H and O–H groups in total. The van der Waals surface area contributed by atoms with E-state index in [1.807, 2.05) is 0 Å². The lowest BCUT2D eigenvalue weighted by Crippen LogP contribution is -2.30. The Morgan fingerprint density at radius 2 is 2.10 bits per heavy atom. The van der Waals surface area contributed by atoms with Crippen LogP contribution in [0.4, 0.5) is 0 Å². The zero-order valence-electron chi connectivity index (χ0n) is 12.4. The van der Waals surface area contributed by atoms with Crippen LogP contribution in [-0.2, 0) is 6.42 Å². The van der Waals surface area contributed by atoms with E-state index in [1.165, 1.54) is 16.5 Å². The number of aromatic amines is 1. The van der Waals surface area contributed by atoms with E-state index >= 15 is 0 Å². The van der Waals surface area contributed by atoms with Crippen LogP contribution in [-0.4, -0.2) is 18.1 Å². The van der Waals surface area contributed by atoms with E-state index in [-0.39, 0.29) is 5.41 Å². The molecule has 0 amide bonds. The number of H-pyrrole nitrogens is 1. The van der Waals surface area contributed by atoms with Gasteiger partial charge in [0, 0.05) is 30.1 Å². The molecular weight excluding hydrogens is 246 g/mol. The number of para-hydroxylation sites is 1. The normalized spacial score (nSPS) is 11.7. The van der Waals surface area contributed by atoms with Crippen LogP contribution < -0.4 is 5.32 Å². The molecule has 2 aromatic rings. The van der Waals surface area contributed by atoms with Crippen LogP contribution >= 0.6 is 0 Å². The standard InChI is InChI=1S/C17H23N3/c1-17(2,9-5-10-18)13-19-11-8-14-12-20-16-7-4-3-6-15(14)16/h3-4,6-7,12,19-20H,5,8-9,11,13H2,1-2H3. The third kappa shape index (κ3) is 3.85. The summed E-state index contributed by atoms with van der Waals surface area (Å²) in [7, 11) is 0. The third-order valence-corrected chi connectivity index (χ3v) is 3.76. The molecule has 0 saturated heterocycles. The molecule has 20 heavy (non-hydrogen) atoms. The maximum absolute atomic E-state index is 8.65. The summed E-state index contributed by atoms with van der Waals surface area (Å²) in [5, 5.41) is 13.5. The number of nitrogens with one attached hydrogen (secondary N) is 2. The van der Waals surface area contributed by atoms with Crippen molar-refractivity contribution in [3.63, 3.8) is 0 Å². The molecule has 2 rings (SSSR count). The zero-order chi connectivity index (χ0) is 14.4. The minimum atomic E-state index is 0.190. The average Bonchev–Trinajstić information content (AvgIpc) is 2.85. The first-order chi connectivity index (χ1) is 9.62. The van der Waals surface area contributed by atoms with Crippen molar-refractivity contribution >= 4 is 10.9 Å². The highest BCUT2D eigenvalue weighted by atomic mass is 14.9. The third-order valence-electron chi connectivity index (χ3n) is 3.76. The van der Waals surface area contributed by atoms with Gasteiger partial charge in [0.25, 0.3) is 0 Å². The van der Waals surface area contributed by atoms with Gasteiger partial charge in [-0.25, -0.2) is 0 Å². The Kier molecular flexibility index (Phi) is 4.81. The monoisotopic (exact) mass is 269 g/mol. The summed E-state index contributed by atoms with van der Waals surface area (Å²) in [5.74, 6) is 0. The van der Waals surface area contributed by atoms with Crippen molar-refractivity contribution in [3.05, 3.63) is 36.0 Å². The van der Waals surface area contributed by atoms with Crippen molar-refractivity contribution in [1.82, 2.24) is 10.3 Å². The SMILES string of the molecule is CC(C)(CCC#N)CNCCc1c[nH]c2ccccc12. The minimum absolute atomic E-state index is 0.190. The summed E-state index contributed by atoms with van der Waals surface area (Å²) in [4.78, 5) is 3.31. The molecule has 0 fully saturated rings. The van der Waals surface area contributed by atoms with Crippen LogP contribution in [0.3, 0.4) is 0 Å². The molecule has 0 aliphatic heterocycles. The Morgan fingerprint density at radius 3 is 2.90 bits per heavy atom. The van der Waals surface area contributed by atoms with Crippen LogP contribution in [0.15, 0.2) is 30.5 Å². The molecule has 0 spiro atoms. The highest BCUT2D eigenvalue weighted by molar-refractivity contribution is 5.83.